The van der Waals surface area contributed by atoms with Gasteiger partial charge >= 0.3 is 0 Å². The van der Waals surface area contributed by atoms with Crippen LogP contribution in [0.3, 0.4) is 0 Å². The Hall–Kier alpha value is -4.82. The lowest BCUT2D eigenvalue weighted by Crippen LogP contribution is -2.48. The number of guanidine groups is 1. The molecule has 0 spiro atoms. The number of nitrogens with two attached hydrogens (primary N) is 2. The fourth-order valence-corrected chi connectivity index (χ4v) is 4.91. The smallest absolute Gasteiger partial charge is 0.266 e. The molecule has 0 aliphatic rings. The molecule has 13 nitrogen and oxygen atoms in total. The zero-order valence-electron chi connectivity index (χ0n) is 22.7. The molecule has 0 unspecified atom stereocenters. The lowest BCUT2D eigenvalue weighted by atomic mass is 9.90. The van der Waals surface area contributed by atoms with Crippen molar-refractivity contribution in [2.75, 3.05) is 6.54 Å². The van der Waals surface area contributed by atoms with Gasteiger partial charge in [0.15, 0.2) is 5.03 Å². The van der Waals surface area contributed by atoms with Crippen molar-refractivity contribution in [1.29, 1.82) is 0 Å². The molecule has 7 N–H and O–H groups in total. The molecular formula is C28H33N7O6S. The molecule has 2 amide bonds. The van der Waals surface area contributed by atoms with Crippen molar-refractivity contribution in [3.8, 4) is 0 Å². The maximum atomic E-state index is 13.7. The fourth-order valence-electron chi connectivity index (χ4n) is 4.25. The number of primary sulfonamides is 1. The van der Waals surface area contributed by atoms with Crippen LogP contribution in [-0.2, 0) is 31.9 Å². The lowest BCUT2D eigenvalue weighted by molar-refractivity contribution is -0.485. The molecule has 0 aromatic heterocycles. The van der Waals surface area contributed by atoms with Crippen LogP contribution in [0.5, 0.6) is 0 Å². The van der Waals surface area contributed by atoms with E-state index in [2.05, 4.69) is 21.1 Å². The summed E-state index contributed by atoms with van der Waals surface area (Å²) < 4.78 is 22.6. The van der Waals surface area contributed by atoms with Gasteiger partial charge in [0.1, 0.15) is 11.1 Å². The zero-order valence-corrected chi connectivity index (χ0v) is 23.5. The molecule has 0 aliphatic heterocycles. The Morgan fingerprint density at radius 3 is 1.93 bits per heavy atom. The number of nitro groups is 1. The van der Waals surface area contributed by atoms with Crippen LogP contribution in [-0.4, -0.2) is 43.8 Å². The molecule has 0 heterocycles. The summed E-state index contributed by atoms with van der Waals surface area (Å²) in [5, 5.41) is 25.9. The summed E-state index contributed by atoms with van der Waals surface area (Å²) in [7, 11) is -3.67. The van der Waals surface area contributed by atoms with Crippen molar-refractivity contribution in [2.45, 2.75) is 37.1 Å². The van der Waals surface area contributed by atoms with E-state index in [1.165, 1.54) is 0 Å². The summed E-state index contributed by atoms with van der Waals surface area (Å²) in [6, 6.07) is 24.0. The van der Waals surface area contributed by atoms with Crippen LogP contribution in [0.25, 0.3) is 0 Å². The molecule has 222 valence electrons. The highest BCUT2D eigenvalue weighted by molar-refractivity contribution is 7.88. The third-order valence-corrected chi connectivity index (χ3v) is 6.92. The fraction of sp³-hybridized carbons (Fsp3) is 0.250. The van der Waals surface area contributed by atoms with Gasteiger partial charge in [-0.15, -0.1) is 0 Å². The predicted molar refractivity (Wildman–Crippen MR) is 158 cm³/mol. The van der Waals surface area contributed by atoms with Gasteiger partial charge in [0.05, 0.1) is 11.7 Å². The minimum Gasteiger partial charge on any atom is -0.365 e. The van der Waals surface area contributed by atoms with Gasteiger partial charge in [-0.1, -0.05) is 84.9 Å². The van der Waals surface area contributed by atoms with Crippen molar-refractivity contribution in [1.82, 2.24) is 16.0 Å². The second-order valence-corrected chi connectivity index (χ2v) is 11.1. The summed E-state index contributed by atoms with van der Waals surface area (Å²) in [6.45, 7) is 0.303. The normalized spacial score (nSPS) is 12.4. The minimum absolute atomic E-state index is 0.127. The first-order chi connectivity index (χ1) is 20.0. The molecule has 1 atom stereocenters. The van der Waals surface area contributed by atoms with Gasteiger partial charge in [0.25, 0.3) is 5.96 Å². The molecule has 14 heteroatoms. The highest BCUT2D eigenvalue weighted by atomic mass is 32.2. The Balaban J connectivity index is 1.74. The predicted octanol–water partition coefficient (Wildman–Crippen LogP) is 1.28. The van der Waals surface area contributed by atoms with Crippen molar-refractivity contribution < 1.29 is 23.0 Å². The SMILES string of the molecule is N/C(=N/[N+](=O)[O-])NCCC[C@@H](NC(=O)C(c1ccccc1)c1ccccc1)C(=O)NCc1ccc(CS(N)(=O)=O)cc1. The second kappa shape index (κ2) is 15.3. The van der Waals surface area contributed by atoms with Gasteiger partial charge in [-0.2, -0.15) is 0 Å². The van der Waals surface area contributed by atoms with Crippen LogP contribution >= 0.6 is 0 Å². The Labute approximate surface area is 243 Å². The number of hydrogen-bond donors (Lipinski definition) is 5. The second-order valence-electron chi connectivity index (χ2n) is 9.45. The highest BCUT2D eigenvalue weighted by Gasteiger charge is 2.27. The number of amides is 2. The summed E-state index contributed by atoms with van der Waals surface area (Å²) in [5.74, 6) is -2.16. The number of hydrogen-bond acceptors (Lipinski definition) is 6. The maximum absolute atomic E-state index is 13.7. The number of sulfonamides is 1. The molecule has 0 aliphatic carbocycles. The molecule has 0 saturated heterocycles. The van der Waals surface area contributed by atoms with Crippen molar-refractivity contribution in [3.05, 3.63) is 117 Å². The van der Waals surface area contributed by atoms with Gasteiger partial charge in [0, 0.05) is 13.1 Å². The first kappa shape index (κ1) is 31.7. The Bertz CT molecular complexity index is 1440. The van der Waals surface area contributed by atoms with E-state index in [0.29, 0.717) is 17.5 Å². The Morgan fingerprint density at radius 2 is 1.40 bits per heavy atom. The van der Waals surface area contributed by atoms with Gasteiger partial charge in [-0.3, -0.25) is 9.59 Å². The Morgan fingerprint density at radius 1 is 0.857 bits per heavy atom. The molecule has 3 aromatic rings. The molecule has 3 aromatic carbocycles. The first-order valence-corrected chi connectivity index (χ1v) is 14.7. The molecule has 0 saturated carbocycles. The minimum atomic E-state index is -3.67. The molecule has 0 fully saturated rings. The van der Waals surface area contributed by atoms with Crippen LogP contribution in [0.15, 0.2) is 90.0 Å². The van der Waals surface area contributed by atoms with E-state index < -0.39 is 32.9 Å². The molecule has 42 heavy (non-hydrogen) atoms. The van der Waals surface area contributed by atoms with Crippen molar-refractivity contribution in [3.63, 3.8) is 0 Å². The zero-order chi connectivity index (χ0) is 30.5. The van der Waals surface area contributed by atoms with E-state index in [0.717, 1.165) is 11.1 Å². The van der Waals surface area contributed by atoms with Gasteiger partial charge < -0.3 is 21.7 Å². The maximum Gasteiger partial charge on any atom is 0.266 e. The van der Waals surface area contributed by atoms with Crippen LogP contribution in [0.4, 0.5) is 0 Å². The monoisotopic (exact) mass is 595 g/mol. The van der Waals surface area contributed by atoms with Crippen molar-refractivity contribution in [2.24, 2.45) is 16.0 Å². The average Bonchev–Trinajstić information content (AvgIpc) is 2.94. The number of carbonyl (C=O) groups excluding carboxylic acids is 2. The summed E-state index contributed by atoms with van der Waals surface area (Å²) in [6.07, 6.45) is 0.524. The molecule has 0 radical (unpaired) electrons. The van der Waals surface area contributed by atoms with Crippen LogP contribution < -0.4 is 26.8 Å². The third kappa shape index (κ3) is 10.6. The van der Waals surface area contributed by atoms with E-state index in [4.69, 9.17) is 10.9 Å². The van der Waals surface area contributed by atoms with E-state index in [-0.39, 0.29) is 37.1 Å². The van der Waals surface area contributed by atoms with Gasteiger partial charge in [0.2, 0.25) is 21.8 Å². The summed E-state index contributed by atoms with van der Waals surface area (Å²) >= 11 is 0. The number of rotatable bonds is 14. The molecule has 0 bridgehead atoms. The topological polar surface area (TPSA) is 212 Å². The quantitative estimate of drug-likeness (QED) is 0.0601. The van der Waals surface area contributed by atoms with Gasteiger partial charge in [-0.25, -0.2) is 23.7 Å². The number of nitrogens with zero attached hydrogens (tertiary/aromatic N) is 2. The average molecular weight is 596 g/mol. The molecular weight excluding hydrogens is 562 g/mol. The van der Waals surface area contributed by atoms with Gasteiger partial charge in [-0.05, 0) is 35.1 Å². The standard InChI is InChI=1S/C28H33N7O6S/c29-28(34-35(38)39)31-17-7-12-24(26(36)32-18-20-13-15-21(16-14-20)19-42(30,40)41)33-27(37)25(22-8-3-1-4-9-22)23-10-5-2-6-11-23/h1-6,8-11,13-16,24-25H,7,12,17-19H2,(H,32,36)(H,33,37)(H3,29,31,34)(H2,30,40,41)/t24-/m1/s1. The third-order valence-electron chi connectivity index (χ3n) is 6.18. The van der Waals surface area contributed by atoms with Crippen molar-refractivity contribution >= 4 is 27.8 Å². The number of nitrogens with one attached hydrogen (secondary N) is 3. The van der Waals surface area contributed by atoms with Crippen LogP contribution in [0.2, 0.25) is 0 Å². The molecule has 3 rings (SSSR count). The van der Waals surface area contributed by atoms with E-state index in [1.807, 2.05) is 60.7 Å². The summed E-state index contributed by atoms with van der Waals surface area (Å²) in [4.78, 5) is 37.5. The summed E-state index contributed by atoms with van der Waals surface area (Å²) in [5.41, 5.74) is 8.20. The lowest BCUT2D eigenvalue weighted by Gasteiger charge is -2.23. The van der Waals surface area contributed by atoms with E-state index in [1.54, 1.807) is 24.3 Å². The van der Waals surface area contributed by atoms with Crippen LogP contribution in [0, 0.1) is 10.1 Å². The highest BCUT2D eigenvalue weighted by Crippen LogP contribution is 2.25. The number of hydrazone groups is 1. The number of benzene rings is 3. The largest absolute Gasteiger partial charge is 0.365 e. The van der Waals surface area contributed by atoms with Crippen LogP contribution in [0.1, 0.15) is 41.0 Å². The first-order valence-electron chi connectivity index (χ1n) is 13.0. The van der Waals surface area contributed by atoms with E-state index in [9.17, 15) is 28.1 Å². The Kier molecular flexibility index (Phi) is 11.5. The number of carbonyl (C=O) groups is 2. The van der Waals surface area contributed by atoms with E-state index >= 15 is 0 Å².